The Hall–Kier alpha value is -3.06. The van der Waals surface area contributed by atoms with Crippen molar-refractivity contribution in [2.24, 2.45) is 0 Å². The van der Waals surface area contributed by atoms with Crippen LogP contribution < -0.4 is 0 Å². The minimum atomic E-state index is -0.388. The molecular weight excluding hydrogens is 385 g/mol. The molecule has 0 aromatic heterocycles. The highest BCUT2D eigenvalue weighted by molar-refractivity contribution is 6.21. The van der Waals surface area contributed by atoms with E-state index in [9.17, 15) is 18.8 Å². The fourth-order valence-electron chi connectivity index (χ4n) is 4.22. The van der Waals surface area contributed by atoms with E-state index in [1.165, 1.54) is 19.2 Å². The lowest BCUT2D eigenvalue weighted by Gasteiger charge is -2.37. The number of rotatable bonds is 4. The molecule has 6 nitrogen and oxygen atoms in total. The maximum atomic E-state index is 14.0. The van der Waals surface area contributed by atoms with Gasteiger partial charge in [0, 0.05) is 44.4 Å². The van der Waals surface area contributed by atoms with Gasteiger partial charge in [-0.05, 0) is 43.7 Å². The number of likely N-dealkylation sites (tertiary alicyclic amines) is 1. The second-order valence-electron chi connectivity index (χ2n) is 7.97. The maximum absolute atomic E-state index is 14.0. The number of nitrogens with zero attached hydrogens (tertiary/aromatic N) is 3. The number of carbonyl (C=O) groups excluding carboxylic acids is 3. The number of hydrogen-bond donors (Lipinski definition) is 0. The first-order valence-corrected chi connectivity index (χ1v) is 10.1. The molecule has 2 aromatic carbocycles. The van der Waals surface area contributed by atoms with Crippen molar-refractivity contribution in [3.63, 3.8) is 0 Å². The molecule has 3 amide bonds. The average molecular weight is 409 g/mol. The molecule has 1 unspecified atom stereocenters. The first-order chi connectivity index (χ1) is 14.4. The third kappa shape index (κ3) is 3.61. The van der Waals surface area contributed by atoms with Gasteiger partial charge in [0.15, 0.2) is 0 Å². The van der Waals surface area contributed by atoms with Gasteiger partial charge in [-0.2, -0.15) is 0 Å². The normalized spacial score (nSPS) is 19.2. The molecule has 0 radical (unpaired) electrons. The lowest BCUT2D eigenvalue weighted by atomic mass is 10.0. The van der Waals surface area contributed by atoms with Gasteiger partial charge in [-0.15, -0.1) is 0 Å². The highest BCUT2D eigenvalue weighted by atomic mass is 19.1. The Morgan fingerprint density at radius 2 is 1.87 bits per heavy atom. The second kappa shape index (κ2) is 7.99. The van der Waals surface area contributed by atoms with Crippen molar-refractivity contribution < 1.29 is 18.8 Å². The molecular formula is C23H24FN3O3. The van der Waals surface area contributed by atoms with Crippen LogP contribution in [0.1, 0.15) is 49.5 Å². The first kappa shape index (κ1) is 20.2. The Balaban J connectivity index is 1.47. The van der Waals surface area contributed by atoms with Gasteiger partial charge in [-0.3, -0.25) is 24.2 Å². The van der Waals surface area contributed by atoms with Crippen LogP contribution in [0.2, 0.25) is 0 Å². The van der Waals surface area contributed by atoms with E-state index in [0.717, 1.165) is 24.3 Å². The first-order valence-electron chi connectivity index (χ1n) is 10.1. The zero-order valence-electron chi connectivity index (χ0n) is 17.1. The highest BCUT2D eigenvalue weighted by Crippen LogP contribution is 2.25. The lowest BCUT2D eigenvalue weighted by molar-refractivity contribution is 0.0607. The Labute approximate surface area is 174 Å². The number of hydrogen-bond acceptors (Lipinski definition) is 4. The van der Waals surface area contributed by atoms with Gasteiger partial charge < -0.3 is 4.90 Å². The summed E-state index contributed by atoms with van der Waals surface area (Å²) < 4.78 is 14.0. The largest absolute Gasteiger partial charge is 0.337 e. The van der Waals surface area contributed by atoms with Gasteiger partial charge in [0.05, 0.1) is 11.1 Å². The summed E-state index contributed by atoms with van der Waals surface area (Å²) in [7, 11) is 3.19. The van der Waals surface area contributed by atoms with E-state index in [2.05, 4.69) is 4.90 Å². The van der Waals surface area contributed by atoms with E-state index in [-0.39, 0.29) is 35.1 Å². The van der Waals surface area contributed by atoms with Gasteiger partial charge in [0.25, 0.3) is 17.7 Å². The molecule has 7 heteroatoms. The van der Waals surface area contributed by atoms with Crippen LogP contribution in [0, 0.1) is 5.82 Å². The summed E-state index contributed by atoms with van der Waals surface area (Å²) in [5.41, 5.74) is 1.64. The molecule has 2 aliphatic heterocycles. The highest BCUT2D eigenvalue weighted by Gasteiger charge is 2.34. The summed E-state index contributed by atoms with van der Waals surface area (Å²) in [5.74, 6) is -1.14. The van der Waals surface area contributed by atoms with E-state index in [1.807, 2.05) is 6.07 Å². The molecule has 1 fully saturated rings. The molecule has 156 valence electrons. The van der Waals surface area contributed by atoms with Crippen LogP contribution in [0.15, 0.2) is 42.5 Å². The molecule has 1 saturated heterocycles. The van der Waals surface area contributed by atoms with Gasteiger partial charge in [-0.1, -0.05) is 18.2 Å². The van der Waals surface area contributed by atoms with Crippen LogP contribution >= 0.6 is 0 Å². The van der Waals surface area contributed by atoms with E-state index < -0.39 is 0 Å². The van der Waals surface area contributed by atoms with Crippen LogP contribution in [0.4, 0.5) is 4.39 Å². The summed E-state index contributed by atoms with van der Waals surface area (Å²) in [6.07, 6.45) is 1.78. The van der Waals surface area contributed by atoms with E-state index in [4.69, 9.17) is 0 Å². The Morgan fingerprint density at radius 1 is 1.13 bits per heavy atom. The van der Waals surface area contributed by atoms with Crippen molar-refractivity contribution >= 4 is 17.7 Å². The Kier molecular flexibility index (Phi) is 5.39. The Morgan fingerprint density at radius 3 is 2.63 bits per heavy atom. The third-order valence-corrected chi connectivity index (χ3v) is 6.04. The van der Waals surface area contributed by atoms with Crippen molar-refractivity contribution in [1.29, 1.82) is 0 Å². The van der Waals surface area contributed by atoms with Crippen molar-refractivity contribution in [1.82, 2.24) is 14.7 Å². The van der Waals surface area contributed by atoms with E-state index in [0.29, 0.717) is 29.8 Å². The van der Waals surface area contributed by atoms with Crippen molar-refractivity contribution in [3.8, 4) is 0 Å². The molecule has 0 N–H and O–H groups in total. The van der Waals surface area contributed by atoms with Crippen LogP contribution in [0.3, 0.4) is 0 Å². The molecule has 0 saturated carbocycles. The summed E-state index contributed by atoms with van der Waals surface area (Å²) in [4.78, 5) is 42.3. The monoisotopic (exact) mass is 409 g/mol. The molecule has 0 spiro atoms. The molecule has 0 aliphatic carbocycles. The summed E-state index contributed by atoms with van der Waals surface area (Å²) in [5, 5.41) is 0. The van der Waals surface area contributed by atoms with Gasteiger partial charge >= 0.3 is 0 Å². The minimum Gasteiger partial charge on any atom is -0.337 e. The fraction of sp³-hybridized carbons (Fsp3) is 0.348. The summed E-state index contributed by atoms with van der Waals surface area (Å²) in [6, 6.07) is 11.4. The Bertz CT molecular complexity index is 1020. The van der Waals surface area contributed by atoms with Crippen LogP contribution in [0.5, 0.6) is 0 Å². The zero-order chi connectivity index (χ0) is 21.4. The van der Waals surface area contributed by atoms with Crippen molar-refractivity contribution in [3.05, 3.63) is 70.5 Å². The van der Waals surface area contributed by atoms with Crippen molar-refractivity contribution in [2.75, 3.05) is 27.2 Å². The smallest absolute Gasteiger partial charge is 0.261 e. The quantitative estimate of drug-likeness (QED) is 0.729. The van der Waals surface area contributed by atoms with E-state index >= 15 is 0 Å². The topological polar surface area (TPSA) is 60.9 Å². The third-order valence-electron chi connectivity index (χ3n) is 6.04. The standard InChI is InChI=1S/C23H24FN3O3/c1-25(17-7-5-11-27(14-17)13-16-6-3-4-8-20(16)24)21(28)15-9-10-18-19(12-15)23(30)26(2)22(18)29/h3-4,6,8-10,12,17H,5,7,11,13-14H2,1-2H3. The number of imide groups is 1. The number of benzene rings is 2. The SMILES string of the molecule is CN1C(=O)c2ccc(C(=O)N(C)C3CCCN(Cc4ccccc4F)C3)cc2C1=O. The number of piperidine rings is 1. The number of amides is 3. The van der Waals surface area contributed by atoms with E-state index in [1.54, 1.807) is 36.2 Å². The molecule has 0 bridgehead atoms. The lowest BCUT2D eigenvalue weighted by Crippen LogP contribution is -2.48. The minimum absolute atomic E-state index is 0.00807. The number of fused-ring (bicyclic) bond motifs is 1. The molecule has 2 heterocycles. The molecule has 2 aliphatic rings. The predicted octanol–water partition coefficient (Wildman–Crippen LogP) is 2.79. The molecule has 2 aromatic rings. The molecule has 30 heavy (non-hydrogen) atoms. The molecule has 1 atom stereocenters. The van der Waals surface area contributed by atoms with Crippen molar-refractivity contribution in [2.45, 2.75) is 25.4 Å². The average Bonchev–Trinajstić information content (AvgIpc) is 2.98. The maximum Gasteiger partial charge on any atom is 0.261 e. The van der Waals surface area contributed by atoms with Gasteiger partial charge in [0.1, 0.15) is 5.82 Å². The zero-order valence-corrected chi connectivity index (χ0v) is 17.1. The van der Waals surface area contributed by atoms with Gasteiger partial charge in [-0.25, -0.2) is 4.39 Å². The second-order valence-corrected chi connectivity index (χ2v) is 7.97. The van der Waals surface area contributed by atoms with Crippen LogP contribution in [-0.2, 0) is 6.54 Å². The number of halogens is 1. The fourth-order valence-corrected chi connectivity index (χ4v) is 4.22. The van der Waals surface area contributed by atoms with Gasteiger partial charge in [0.2, 0.25) is 0 Å². The number of carbonyl (C=O) groups is 3. The summed E-state index contributed by atoms with van der Waals surface area (Å²) in [6.45, 7) is 2.02. The van der Waals surface area contributed by atoms with Crippen LogP contribution in [-0.4, -0.2) is 65.6 Å². The molecule has 4 rings (SSSR count). The summed E-state index contributed by atoms with van der Waals surface area (Å²) >= 11 is 0. The number of likely N-dealkylation sites (N-methyl/N-ethyl adjacent to an activating group) is 1. The van der Waals surface area contributed by atoms with Crippen LogP contribution in [0.25, 0.3) is 0 Å². The predicted molar refractivity (Wildman–Crippen MR) is 110 cm³/mol.